The Morgan fingerprint density at radius 1 is 1.44 bits per heavy atom. The molecule has 0 aliphatic heterocycles. The number of hydrogen-bond donors (Lipinski definition) is 1. The summed E-state index contributed by atoms with van der Waals surface area (Å²) in [6, 6.07) is 0. The summed E-state index contributed by atoms with van der Waals surface area (Å²) in [5.41, 5.74) is 7.52. The summed E-state index contributed by atoms with van der Waals surface area (Å²) < 4.78 is 2.05. The van der Waals surface area contributed by atoms with Gasteiger partial charge < -0.3 is 10.3 Å². The second kappa shape index (κ2) is 3.43. The van der Waals surface area contributed by atoms with Gasteiger partial charge in [-0.05, 0) is 19.3 Å². The summed E-state index contributed by atoms with van der Waals surface area (Å²) in [6.45, 7) is 3.06. The average molecular weight is 217 g/mol. The molecule has 5 heteroatoms. The Labute approximate surface area is 93.7 Å². The van der Waals surface area contributed by atoms with Crippen molar-refractivity contribution in [2.24, 2.45) is 0 Å². The van der Waals surface area contributed by atoms with Gasteiger partial charge in [0, 0.05) is 12.5 Å². The first kappa shape index (κ1) is 9.57. The molecule has 84 valence electrons. The third-order valence-corrected chi connectivity index (χ3v) is 2.92. The quantitative estimate of drug-likeness (QED) is 0.849. The first-order valence-corrected chi connectivity index (χ1v) is 5.78. The van der Waals surface area contributed by atoms with Crippen molar-refractivity contribution in [3.05, 3.63) is 12.2 Å². The highest BCUT2D eigenvalue weighted by Gasteiger charge is 2.28. The molecule has 0 amide bonds. The Morgan fingerprint density at radius 2 is 2.25 bits per heavy atom. The molecular weight excluding hydrogens is 202 g/mol. The van der Waals surface area contributed by atoms with Crippen LogP contribution in [-0.2, 0) is 6.54 Å². The van der Waals surface area contributed by atoms with Gasteiger partial charge in [-0.15, -0.1) is 0 Å². The van der Waals surface area contributed by atoms with Crippen LogP contribution in [0.5, 0.6) is 0 Å². The summed E-state index contributed by atoms with van der Waals surface area (Å²) >= 11 is 0. The summed E-state index contributed by atoms with van der Waals surface area (Å²) in [5.74, 6) is 1.93. The standard InChI is InChI=1S/C11H15N5/c1-2-5-16-6-13-8-9(12)14-10(7-3-4-7)15-11(8)16/h6-7H,2-5H2,1H3,(H2,12,14,15). The number of fused-ring (bicyclic) bond motifs is 1. The molecule has 16 heavy (non-hydrogen) atoms. The van der Waals surface area contributed by atoms with Crippen molar-refractivity contribution in [3.63, 3.8) is 0 Å². The van der Waals surface area contributed by atoms with E-state index in [9.17, 15) is 0 Å². The van der Waals surface area contributed by atoms with Crippen LogP contribution >= 0.6 is 0 Å². The van der Waals surface area contributed by atoms with E-state index >= 15 is 0 Å². The lowest BCUT2D eigenvalue weighted by Crippen LogP contribution is -2.03. The molecule has 0 radical (unpaired) electrons. The number of aromatic nitrogens is 4. The second-order valence-corrected chi connectivity index (χ2v) is 4.35. The van der Waals surface area contributed by atoms with Crippen LogP contribution in [0.1, 0.15) is 37.9 Å². The zero-order valence-electron chi connectivity index (χ0n) is 9.35. The van der Waals surface area contributed by atoms with E-state index in [2.05, 4.69) is 26.4 Å². The van der Waals surface area contributed by atoms with Crippen LogP contribution in [0.3, 0.4) is 0 Å². The Balaban J connectivity index is 2.16. The molecule has 1 saturated carbocycles. The van der Waals surface area contributed by atoms with Gasteiger partial charge in [0.15, 0.2) is 11.5 Å². The molecule has 3 rings (SSSR count). The van der Waals surface area contributed by atoms with E-state index < -0.39 is 0 Å². The van der Waals surface area contributed by atoms with Gasteiger partial charge in [0.25, 0.3) is 0 Å². The van der Waals surface area contributed by atoms with E-state index in [0.717, 1.165) is 30.0 Å². The number of nitrogens with zero attached hydrogens (tertiary/aromatic N) is 4. The second-order valence-electron chi connectivity index (χ2n) is 4.35. The fourth-order valence-electron chi connectivity index (χ4n) is 1.91. The maximum atomic E-state index is 5.91. The monoisotopic (exact) mass is 217 g/mol. The maximum Gasteiger partial charge on any atom is 0.165 e. The lowest BCUT2D eigenvalue weighted by molar-refractivity contribution is 0.689. The minimum atomic E-state index is 0.516. The molecule has 2 heterocycles. The van der Waals surface area contributed by atoms with Crippen molar-refractivity contribution in [2.45, 2.75) is 38.6 Å². The molecule has 0 aromatic carbocycles. The smallest absolute Gasteiger partial charge is 0.165 e. The molecular formula is C11H15N5. The number of nitrogen functional groups attached to an aromatic ring is 1. The first-order chi connectivity index (χ1) is 7.79. The normalized spacial score (nSPS) is 15.8. The molecule has 5 nitrogen and oxygen atoms in total. The molecule has 0 spiro atoms. The van der Waals surface area contributed by atoms with Crippen molar-refractivity contribution in [3.8, 4) is 0 Å². The summed E-state index contributed by atoms with van der Waals surface area (Å²) in [6.07, 6.45) is 5.24. The van der Waals surface area contributed by atoms with Crippen molar-refractivity contribution in [1.82, 2.24) is 19.5 Å². The van der Waals surface area contributed by atoms with Crippen molar-refractivity contribution in [1.29, 1.82) is 0 Å². The van der Waals surface area contributed by atoms with Crippen molar-refractivity contribution >= 4 is 17.0 Å². The molecule has 0 saturated heterocycles. The highest BCUT2D eigenvalue weighted by atomic mass is 15.1. The predicted octanol–water partition coefficient (Wildman–Crippen LogP) is 1.70. The number of nitrogens with two attached hydrogens (primary N) is 1. The number of imidazole rings is 1. The van der Waals surface area contributed by atoms with Crippen LogP contribution in [-0.4, -0.2) is 19.5 Å². The molecule has 0 atom stereocenters. The molecule has 2 aromatic rings. The Kier molecular flexibility index (Phi) is 2.05. The number of aryl methyl sites for hydroxylation is 1. The molecule has 0 bridgehead atoms. The lowest BCUT2D eigenvalue weighted by atomic mass is 10.3. The third-order valence-electron chi connectivity index (χ3n) is 2.92. The summed E-state index contributed by atoms with van der Waals surface area (Å²) in [7, 11) is 0. The van der Waals surface area contributed by atoms with Gasteiger partial charge in [0.2, 0.25) is 0 Å². The minimum Gasteiger partial charge on any atom is -0.382 e. The zero-order valence-corrected chi connectivity index (χ0v) is 9.35. The van der Waals surface area contributed by atoms with Crippen molar-refractivity contribution < 1.29 is 0 Å². The Morgan fingerprint density at radius 3 is 2.94 bits per heavy atom. The van der Waals surface area contributed by atoms with Crippen LogP contribution in [0.15, 0.2) is 6.33 Å². The van der Waals surface area contributed by atoms with Crippen LogP contribution < -0.4 is 5.73 Å². The molecule has 1 aliphatic carbocycles. The third kappa shape index (κ3) is 1.43. The van der Waals surface area contributed by atoms with Crippen LogP contribution in [0.4, 0.5) is 5.82 Å². The molecule has 1 fully saturated rings. The number of rotatable bonds is 3. The van der Waals surface area contributed by atoms with Gasteiger partial charge in [-0.1, -0.05) is 6.92 Å². The molecule has 2 aromatic heterocycles. The van der Waals surface area contributed by atoms with Crippen molar-refractivity contribution in [2.75, 3.05) is 5.73 Å². The van der Waals surface area contributed by atoms with Gasteiger partial charge in [-0.25, -0.2) is 15.0 Å². The SMILES string of the molecule is CCCn1cnc2c(N)nc(C3CC3)nc21. The van der Waals surface area contributed by atoms with Gasteiger partial charge in [-0.2, -0.15) is 0 Å². The number of anilines is 1. The van der Waals surface area contributed by atoms with Crippen LogP contribution in [0.25, 0.3) is 11.2 Å². The van der Waals surface area contributed by atoms with Gasteiger partial charge >= 0.3 is 0 Å². The summed E-state index contributed by atoms with van der Waals surface area (Å²) in [5, 5.41) is 0. The zero-order chi connectivity index (χ0) is 11.1. The van der Waals surface area contributed by atoms with Gasteiger partial charge in [-0.3, -0.25) is 0 Å². The van der Waals surface area contributed by atoms with E-state index in [1.54, 1.807) is 6.33 Å². The fraction of sp³-hybridized carbons (Fsp3) is 0.545. The minimum absolute atomic E-state index is 0.516. The Bertz CT molecular complexity index is 526. The summed E-state index contributed by atoms with van der Waals surface area (Å²) in [4.78, 5) is 13.2. The van der Waals surface area contributed by atoms with E-state index in [4.69, 9.17) is 5.73 Å². The topological polar surface area (TPSA) is 69.6 Å². The van der Waals surface area contributed by atoms with E-state index in [1.807, 2.05) is 0 Å². The Hall–Kier alpha value is -1.65. The van der Waals surface area contributed by atoms with Crippen LogP contribution in [0, 0.1) is 0 Å². The largest absolute Gasteiger partial charge is 0.382 e. The first-order valence-electron chi connectivity index (χ1n) is 5.78. The maximum absolute atomic E-state index is 5.91. The molecule has 2 N–H and O–H groups in total. The molecule has 1 aliphatic rings. The lowest BCUT2D eigenvalue weighted by Gasteiger charge is -2.03. The van der Waals surface area contributed by atoms with Gasteiger partial charge in [0.05, 0.1) is 6.33 Å². The number of hydrogen-bond acceptors (Lipinski definition) is 4. The van der Waals surface area contributed by atoms with Crippen LogP contribution in [0.2, 0.25) is 0 Å². The highest BCUT2D eigenvalue weighted by molar-refractivity contribution is 5.81. The highest BCUT2D eigenvalue weighted by Crippen LogP contribution is 2.38. The average Bonchev–Trinajstić information content (AvgIpc) is 3.03. The van der Waals surface area contributed by atoms with Gasteiger partial charge in [0.1, 0.15) is 11.3 Å². The van der Waals surface area contributed by atoms with E-state index in [-0.39, 0.29) is 0 Å². The van der Waals surface area contributed by atoms with E-state index in [1.165, 1.54) is 12.8 Å². The van der Waals surface area contributed by atoms with E-state index in [0.29, 0.717) is 11.7 Å². The fourth-order valence-corrected chi connectivity index (χ4v) is 1.91. The molecule has 0 unspecified atom stereocenters. The predicted molar refractivity (Wildman–Crippen MR) is 62.0 cm³/mol.